The van der Waals surface area contributed by atoms with E-state index in [2.05, 4.69) is 37.6 Å². The lowest BCUT2D eigenvalue weighted by molar-refractivity contribution is -0.158. The Bertz CT molecular complexity index is 1190. The Labute approximate surface area is 198 Å². The lowest BCUT2D eigenvalue weighted by Gasteiger charge is -2.48. The lowest BCUT2D eigenvalue weighted by Crippen LogP contribution is -2.52. The maximum atomic E-state index is 12.0. The molecule has 34 heavy (non-hydrogen) atoms. The molecular weight excluding hydrogens is 428 g/mol. The number of hydrogen-bond acceptors (Lipinski definition) is 7. The summed E-state index contributed by atoms with van der Waals surface area (Å²) in [7, 11) is 0. The molecular formula is C26H26N6O2. The Morgan fingerprint density at radius 2 is 1.79 bits per heavy atom. The van der Waals surface area contributed by atoms with Gasteiger partial charge in [0.25, 0.3) is 5.91 Å². The smallest absolute Gasteiger partial charge is 0.252 e. The molecule has 172 valence electrons. The van der Waals surface area contributed by atoms with Gasteiger partial charge in [0.2, 0.25) is 5.95 Å². The number of ether oxygens (including phenoxy) is 1. The minimum absolute atomic E-state index is 0.0177. The molecule has 5 rings (SSSR count). The number of carbonyl (C=O) groups excluding carboxylic acids is 1. The number of carbonyl (C=O) groups is 1. The molecule has 1 aromatic heterocycles. The maximum absolute atomic E-state index is 12.0. The first-order valence-corrected chi connectivity index (χ1v) is 11.5. The highest BCUT2D eigenvalue weighted by molar-refractivity contribution is 5.94. The number of hydrogen-bond donors (Lipinski definition) is 2. The van der Waals surface area contributed by atoms with E-state index in [1.165, 1.54) is 12.1 Å². The van der Waals surface area contributed by atoms with Crippen LogP contribution in [0.5, 0.6) is 0 Å². The fourth-order valence-electron chi connectivity index (χ4n) is 4.44. The summed E-state index contributed by atoms with van der Waals surface area (Å²) in [6, 6.07) is 19.2. The molecule has 0 saturated carbocycles. The summed E-state index contributed by atoms with van der Waals surface area (Å²) >= 11 is 0. The van der Waals surface area contributed by atoms with E-state index in [0.717, 1.165) is 49.5 Å². The predicted molar refractivity (Wildman–Crippen MR) is 130 cm³/mol. The third-order valence-corrected chi connectivity index (χ3v) is 6.56. The van der Waals surface area contributed by atoms with Crippen LogP contribution in [0.25, 0.3) is 11.3 Å². The molecule has 0 aliphatic carbocycles. The third-order valence-electron chi connectivity index (χ3n) is 6.56. The number of nitriles is 1. The van der Waals surface area contributed by atoms with Crippen molar-refractivity contribution in [2.75, 3.05) is 36.5 Å². The van der Waals surface area contributed by atoms with Crippen molar-refractivity contribution in [1.82, 2.24) is 15.3 Å². The van der Waals surface area contributed by atoms with E-state index in [1.54, 1.807) is 18.3 Å². The van der Waals surface area contributed by atoms with Crippen LogP contribution in [0.3, 0.4) is 0 Å². The first-order chi connectivity index (χ1) is 16.6. The fourth-order valence-corrected chi connectivity index (χ4v) is 4.44. The summed E-state index contributed by atoms with van der Waals surface area (Å²) in [5.74, 6) is 0.227. The van der Waals surface area contributed by atoms with Gasteiger partial charge in [-0.05, 0) is 61.7 Å². The lowest BCUT2D eigenvalue weighted by atomic mass is 9.84. The highest BCUT2D eigenvalue weighted by atomic mass is 16.5. The molecule has 1 amide bonds. The number of piperidine rings is 1. The Morgan fingerprint density at radius 3 is 2.44 bits per heavy atom. The Balaban J connectivity index is 1.22. The van der Waals surface area contributed by atoms with Crippen molar-refractivity contribution < 1.29 is 9.53 Å². The summed E-state index contributed by atoms with van der Waals surface area (Å²) in [5.41, 5.74) is 4.41. The molecule has 1 spiro atoms. The Hall–Kier alpha value is -3.96. The zero-order valence-electron chi connectivity index (χ0n) is 18.8. The summed E-state index contributed by atoms with van der Waals surface area (Å²) in [5, 5.41) is 14.4. The van der Waals surface area contributed by atoms with Crippen LogP contribution in [0.2, 0.25) is 0 Å². The minimum Gasteiger partial charge on any atom is -0.375 e. The molecule has 2 aromatic carbocycles. The van der Waals surface area contributed by atoms with E-state index in [1.807, 2.05) is 36.4 Å². The highest BCUT2D eigenvalue weighted by Crippen LogP contribution is 2.38. The molecule has 2 N–H and O–H groups in total. The number of nitrogens with one attached hydrogen (secondary N) is 2. The quantitative estimate of drug-likeness (QED) is 0.545. The Morgan fingerprint density at radius 1 is 1.06 bits per heavy atom. The molecule has 0 unspecified atom stereocenters. The first-order valence-electron chi connectivity index (χ1n) is 11.5. The molecule has 2 fully saturated rings. The van der Waals surface area contributed by atoms with Crippen LogP contribution < -0.4 is 15.5 Å². The van der Waals surface area contributed by atoms with Crippen LogP contribution in [0, 0.1) is 11.3 Å². The van der Waals surface area contributed by atoms with Gasteiger partial charge < -0.3 is 20.3 Å². The second kappa shape index (κ2) is 9.49. The van der Waals surface area contributed by atoms with Crippen molar-refractivity contribution in [3.8, 4) is 17.3 Å². The second-order valence-electron chi connectivity index (χ2n) is 8.62. The first kappa shape index (κ1) is 21.9. The van der Waals surface area contributed by atoms with Crippen LogP contribution in [0.15, 0.2) is 60.8 Å². The maximum Gasteiger partial charge on any atom is 0.252 e. The molecule has 3 heterocycles. The van der Waals surface area contributed by atoms with Gasteiger partial charge in [0, 0.05) is 41.8 Å². The van der Waals surface area contributed by atoms with Crippen molar-refractivity contribution in [3.05, 3.63) is 66.4 Å². The zero-order chi connectivity index (χ0) is 23.4. The van der Waals surface area contributed by atoms with Gasteiger partial charge >= 0.3 is 0 Å². The van der Waals surface area contributed by atoms with Crippen molar-refractivity contribution in [3.63, 3.8) is 0 Å². The van der Waals surface area contributed by atoms with E-state index in [-0.39, 0.29) is 18.1 Å². The predicted octanol–water partition coefficient (Wildman–Crippen LogP) is 3.90. The monoisotopic (exact) mass is 454 g/mol. The number of nitrogens with zero attached hydrogens (tertiary/aromatic N) is 4. The van der Waals surface area contributed by atoms with Gasteiger partial charge in [-0.15, -0.1) is 0 Å². The Kier molecular flexibility index (Phi) is 6.11. The number of amides is 1. The fraction of sp³-hybridized carbons (Fsp3) is 0.308. The van der Waals surface area contributed by atoms with Crippen molar-refractivity contribution in [1.29, 1.82) is 5.26 Å². The van der Waals surface area contributed by atoms with Gasteiger partial charge in [0.1, 0.15) is 6.54 Å². The van der Waals surface area contributed by atoms with Gasteiger partial charge in [0.05, 0.1) is 24.0 Å². The van der Waals surface area contributed by atoms with E-state index >= 15 is 0 Å². The zero-order valence-corrected chi connectivity index (χ0v) is 18.8. The molecule has 2 aliphatic rings. The molecule has 0 atom stereocenters. The number of aromatic nitrogens is 2. The van der Waals surface area contributed by atoms with Crippen LogP contribution >= 0.6 is 0 Å². The number of anilines is 3. The molecule has 2 aliphatic heterocycles. The molecule has 0 bridgehead atoms. The summed E-state index contributed by atoms with van der Waals surface area (Å²) in [4.78, 5) is 23.3. The van der Waals surface area contributed by atoms with Crippen LogP contribution in [0.4, 0.5) is 17.3 Å². The molecule has 0 radical (unpaired) electrons. The standard InChI is InChI=1S/C26H26N6O2/c27-13-15-28-24(33)20-3-1-19(2-4-20)23-9-14-29-25(31-23)30-21-5-7-22(8-6-21)32-16-10-26(11-17-32)12-18-34-26/h1-9,14H,10-12,15-18H2,(H,28,33)(H,29,30,31). The van der Waals surface area contributed by atoms with Crippen molar-refractivity contribution in [2.45, 2.75) is 24.9 Å². The van der Waals surface area contributed by atoms with E-state index < -0.39 is 0 Å². The van der Waals surface area contributed by atoms with Gasteiger partial charge in [-0.2, -0.15) is 5.26 Å². The van der Waals surface area contributed by atoms with Gasteiger partial charge in [-0.3, -0.25) is 4.79 Å². The molecule has 8 heteroatoms. The topological polar surface area (TPSA) is 103 Å². The highest BCUT2D eigenvalue weighted by Gasteiger charge is 2.41. The molecule has 2 saturated heterocycles. The van der Waals surface area contributed by atoms with Crippen molar-refractivity contribution in [2.24, 2.45) is 0 Å². The van der Waals surface area contributed by atoms with Crippen LogP contribution in [-0.2, 0) is 4.74 Å². The van der Waals surface area contributed by atoms with Gasteiger partial charge in [-0.25, -0.2) is 9.97 Å². The third kappa shape index (κ3) is 4.70. The van der Waals surface area contributed by atoms with Crippen LogP contribution in [-0.4, -0.2) is 47.7 Å². The van der Waals surface area contributed by atoms with E-state index in [9.17, 15) is 4.79 Å². The molecule has 3 aromatic rings. The van der Waals surface area contributed by atoms with E-state index in [4.69, 9.17) is 10.00 Å². The summed E-state index contributed by atoms with van der Waals surface area (Å²) in [6.07, 6.45) is 5.10. The second-order valence-corrected chi connectivity index (χ2v) is 8.62. The summed E-state index contributed by atoms with van der Waals surface area (Å²) in [6.45, 7) is 2.94. The minimum atomic E-state index is -0.276. The van der Waals surface area contributed by atoms with Crippen molar-refractivity contribution >= 4 is 23.2 Å². The number of benzene rings is 2. The largest absolute Gasteiger partial charge is 0.375 e. The van der Waals surface area contributed by atoms with E-state index in [0.29, 0.717) is 11.5 Å². The number of rotatable bonds is 6. The van der Waals surface area contributed by atoms with Crippen LogP contribution in [0.1, 0.15) is 29.6 Å². The normalized spacial score (nSPS) is 16.4. The summed E-state index contributed by atoms with van der Waals surface area (Å²) < 4.78 is 5.82. The SMILES string of the molecule is N#CCNC(=O)c1ccc(-c2ccnc(Nc3ccc(N4CCC5(CCO5)CC4)cc3)n2)cc1. The van der Waals surface area contributed by atoms with Gasteiger partial charge in [-0.1, -0.05) is 12.1 Å². The average molecular weight is 455 g/mol. The average Bonchev–Trinajstić information content (AvgIpc) is 2.87. The molecule has 8 nitrogen and oxygen atoms in total. The van der Waals surface area contributed by atoms with Gasteiger partial charge in [0.15, 0.2) is 0 Å².